The van der Waals surface area contributed by atoms with Crippen LogP contribution in [0.4, 0.5) is 0 Å². The van der Waals surface area contributed by atoms with Crippen LogP contribution >= 0.6 is 35.0 Å². The van der Waals surface area contributed by atoms with Crippen molar-refractivity contribution >= 4 is 35.0 Å². The quantitative estimate of drug-likeness (QED) is 0.439. The fraction of sp³-hybridized carbons (Fsp3) is 0.333. The maximum Gasteiger partial charge on any atom is 0.174 e. The van der Waals surface area contributed by atoms with Crippen molar-refractivity contribution in [1.29, 1.82) is 0 Å². The van der Waals surface area contributed by atoms with Crippen LogP contribution in [0, 0.1) is 3.57 Å². The second-order valence-electron chi connectivity index (χ2n) is 5.01. The zero-order valence-corrected chi connectivity index (χ0v) is 16.6. The first-order valence-corrected chi connectivity index (χ1v) is 8.76. The number of hydrogen-bond donors (Lipinski definition) is 2. The number of halogens is 2. The zero-order chi connectivity index (χ0) is 16.5. The van der Waals surface area contributed by atoms with Gasteiger partial charge in [-0.25, -0.2) is 0 Å². The van der Waals surface area contributed by atoms with Crippen LogP contribution in [0.5, 0.6) is 11.5 Å². The van der Waals surface area contributed by atoms with E-state index < -0.39 is 0 Å². The van der Waals surface area contributed by atoms with Crippen LogP contribution in [-0.2, 0) is 13.2 Å². The number of rotatable bonds is 9. The first-order valence-electron chi connectivity index (χ1n) is 7.68. The Labute approximate surface area is 163 Å². The molecule has 0 saturated carbocycles. The van der Waals surface area contributed by atoms with Gasteiger partial charge in [0, 0.05) is 13.1 Å². The second kappa shape index (κ2) is 11.5. The van der Waals surface area contributed by atoms with Crippen molar-refractivity contribution in [2.24, 2.45) is 0 Å². The highest BCUT2D eigenvalue weighted by Gasteiger charge is 2.12. The van der Waals surface area contributed by atoms with Gasteiger partial charge in [0.15, 0.2) is 11.5 Å². The van der Waals surface area contributed by atoms with E-state index in [1.165, 1.54) is 0 Å². The Balaban J connectivity index is 0.00000288. The highest BCUT2D eigenvalue weighted by atomic mass is 127. The molecule has 132 valence electrons. The number of hydrogen-bond acceptors (Lipinski definition) is 4. The van der Waals surface area contributed by atoms with Crippen LogP contribution in [0.25, 0.3) is 0 Å². The van der Waals surface area contributed by atoms with Gasteiger partial charge >= 0.3 is 0 Å². The van der Waals surface area contributed by atoms with Crippen molar-refractivity contribution in [3.8, 4) is 11.5 Å². The molecule has 0 atom stereocenters. The normalized spacial score (nSPS) is 10.1. The van der Waals surface area contributed by atoms with Gasteiger partial charge in [-0.3, -0.25) is 0 Å². The molecule has 2 N–H and O–H groups in total. The van der Waals surface area contributed by atoms with Crippen LogP contribution in [0.3, 0.4) is 0 Å². The molecule has 4 nitrogen and oxygen atoms in total. The molecule has 0 aromatic heterocycles. The van der Waals surface area contributed by atoms with E-state index in [2.05, 4.69) is 34.0 Å². The highest BCUT2D eigenvalue weighted by molar-refractivity contribution is 14.1. The molecule has 2 rings (SSSR count). The maximum absolute atomic E-state index is 8.85. The van der Waals surface area contributed by atoms with Gasteiger partial charge in [0.05, 0.1) is 16.8 Å². The van der Waals surface area contributed by atoms with Crippen molar-refractivity contribution < 1.29 is 14.6 Å². The summed E-state index contributed by atoms with van der Waals surface area (Å²) < 4.78 is 12.8. The summed E-state index contributed by atoms with van der Waals surface area (Å²) in [4.78, 5) is 0. The van der Waals surface area contributed by atoms with E-state index in [0.29, 0.717) is 26.3 Å². The maximum atomic E-state index is 8.85. The van der Waals surface area contributed by atoms with Crippen molar-refractivity contribution in [1.82, 2.24) is 5.32 Å². The molecule has 0 aliphatic carbocycles. The van der Waals surface area contributed by atoms with Crippen LogP contribution in [0.15, 0.2) is 42.5 Å². The Bertz CT molecular complexity index is 611. The third kappa shape index (κ3) is 6.47. The predicted molar refractivity (Wildman–Crippen MR) is 107 cm³/mol. The van der Waals surface area contributed by atoms with Crippen LogP contribution in [0.2, 0.25) is 0 Å². The molecule has 0 bridgehead atoms. The van der Waals surface area contributed by atoms with Crippen molar-refractivity contribution in [2.45, 2.75) is 20.1 Å². The van der Waals surface area contributed by atoms with Gasteiger partial charge in [0.2, 0.25) is 0 Å². The number of ether oxygens (including phenoxy) is 2. The molecule has 0 heterocycles. The molecule has 0 spiro atoms. The average Bonchev–Trinajstić information content (AvgIpc) is 2.55. The minimum Gasteiger partial charge on any atom is -0.490 e. The van der Waals surface area contributed by atoms with E-state index in [-0.39, 0.29) is 19.0 Å². The molecule has 2 aromatic carbocycles. The molecule has 0 radical (unpaired) electrons. The lowest BCUT2D eigenvalue weighted by atomic mass is 10.2. The Morgan fingerprint density at radius 2 is 1.83 bits per heavy atom. The minimum atomic E-state index is 0. The Morgan fingerprint density at radius 1 is 1.08 bits per heavy atom. The van der Waals surface area contributed by atoms with E-state index in [1.54, 1.807) is 0 Å². The number of aliphatic hydroxyl groups is 1. The van der Waals surface area contributed by atoms with E-state index in [9.17, 15) is 0 Å². The summed E-state index contributed by atoms with van der Waals surface area (Å²) in [5.74, 6) is 1.54. The summed E-state index contributed by atoms with van der Waals surface area (Å²) in [5, 5.41) is 12.0. The second-order valence-corrected chi connectivity index (χ2v) is 6.17. The topological polar surface area (TPSA) is 50.7 Å². The third-order valence-corrected chi connectivity index (χ3v) is 4.01. The SMILES string of the molecule is CCOc1cc(CNCCO)cc(I)c1OCc1ccccc1.Cl. The number of nitrogens with one attached hydrogen (secondary N) is 1. The lowest BCUT2D eigenvalue weighted by molar-refractivity contribution is 0.267. The monoisotopic (exact) mass is 463 g/mol. The van der Waals surface area contributed by atoms with Crippen molar-refractivity contribution in [3.05, 3.63) is 57.2 Å². The zero-order valence-electron chi connectivity index (χ0n) is 13.6. The smallest absolute Gasteiger partial charge is 0.174 e. The van der Waals surface area contributed by atoms with E-state index in [4.69, 9.17) is 14.6 Å². The number of benzene rings is 2. The summed E-state index contributed by atoms with van der Waals surface area (Å²) in [5.41, 5.74) is 2.23. The summed E-state index contributed by atoms with van der Waals surface area (Å²) in [6, 6.07) is 14.2. The molecule has 0 unspecified atom stereocenters. The summed E-state index contributed by atoms with van der Waals surface area (Å²) in [6.45, 7) is 4.46. The Kier molecular flexibility index (Phi) is 10.1. The van der Waals surface area contributed by atoms with Crippen LogP contribution in [-0.4, -0.2) is 24.9 Å². The molecule has 0 aliphatic heterocycles. The number of aliphatic hydroxyl groups excluding tert-OH is 1. The molecule has 0 fully saturated rings. The minimum absolute atomic E-state index is 0. The molecular formula is C18H23ClINO3. The molecular weight excluding hydrogens is 441 g/mol. The van der Waals surface area contributed by atoms with Gasteiger partial charge in [-0.1, -0.05) is 30.3 Å². The highest BCUT2D eigenvalue weighted by Crippen LogP contribution is 2.34. The fourth-order valence-corrected chi connectivity index (χ4v) is 2.99. The summed E-state index contributed by atoms with van der Waals surface area (Å²) >= 11 is 2.27. The third-order valence-electron chi connectivity index (χ3n) is 3.21. The van der Waals surface area contributed by atoms with Crippen molar-refractivity contribution in [3.63, 3.8) is 0 Å². The Hall–Kier alpha value is -1.02. The standard InChI is InChI=1S/C18H22INO3.ClH/c1-2-22-17-11-15(12-20-8-9-21)10-16(19)18(17)23-13-14-6-4-3-5-7-14;/h3-7,10-11,20-21H,2,8-9,12-13H2,1H3;1H. The summed E-state index contributed by atoms with van der Waals surface area (Å²) in [7, 11) is 0. The average molecular weight is 464 g/mol. The van der Waals surface area contributed by atoms with Gasteiger partial charge in [-0.05, 0) is 52.8 Å². The lowest BCUT2D eigenvalue weighted by Crippen LogP contribution is -2.17. The molecule has 0 saturated heterocycles. The predicted octanol–water partition coefficient (Wildman–Crippen LogP) is 3.77. The van der Waals surface area contributed by atoms with E-state index in [0.717, 1.165) is 26.2 Å². The van der Waals surface area contributed by atoms with Gasteiger partial charge < -0.3 is 19.9 Å². The van der Waals surface area contributed by atoms with Crippen LogP contribution in [0.1, 0.15) is 18.1 Å². The molecule has 2 aromatic rings. The fourth-order valence-electron chi connectivity index (χ4n) is 2.17. The van der Waals surface area contributed by atoms with Gasteiger partial charge in [-0.2, -0.15) is 0 Å². The van der Waals surface area contributed by atoms with Crippen molar-refractivity contribution in [2.75, 3.05) is 19.8 Å². The van der Waals surface area contributed by atoms with Gasteiger partial charge in [0.25, 0.3) is 0 Å². The Morgan fingerprint density at radius 3 is 2.50 bits per heavy atom. The van der Waals surface area contributed by atoms with E-state index in [1.807, 2.05) is 43.3 Å². The summed E-state index contributed by atoms with van der Waals surface area (Å²) in [6.07, 6.45) is 0. The first kappa shape index (κ1) is 21.0. The van der Waals surface area contributed by atoms with Gasteiger partial charge in [0.1, 0.15) is 6.61 Å². The van der Waals surface area contributed by atoms with Gasteiger partial charge in [-0.15, -0.1) is 12.4 Å². The van der Waals surface area contributed by atoms with E-state index >= 15 is 0 Å². The molecule has 6 heteroatoms. The molecule has 24 heavy (non-hydrogen) atoms. The largest absolute Gasteiger partial charge is 0.490 e. The van der Waals surface area contributed by atoms with Crippen LogP contribution < -0.4 is 14.8 Å². The molecule has 0 aliphatic rings. The lowest BCUT2D eigenvalue weighted by Gasteiger charge is -2.16. The molecule has 0 amide bonds. The first-order chi connectivity index (χ1) is 11.2.